The predicted octanol–water partition coefficient (Wildman–Crippen LogP) is 3.06. The number of nitrogens with zero attached hydrogens (tertiary/aromatic N) is 3. The average molecular weight is 419 g/mol. The molecule has 3 rings (SSSR count). The van der Waals surface area contributed by atoms with E-state index in [0.717, 1.165) is 50.0 Å². The number of guanidine groups is 1. The molecular weight excluding hydrogens is 388 g/mol. The van der Waals surface area contributed by atoms with Gasteiger partial charge >= 0.3 is 0 Å². The Morgan fingerprint density at radius 1 is 1.03 bits per heavy atom. The molecule has 158 valence electrons. The summed E-state index contributed by atoms with van der Waals surface area (Å²) >= 11 is 1.79. The molecule has 2 aromatic rings. The molecule has 1 saturated heterocycles. The highest BCUT2D eigenvalue weighted by Crippen LogP contribution is 2.35. The van der Waals surface area contributed by atoms with Crippen LogP contribution in [0.25, 0.3) is 0 Å². The van der Waals surface area contributed by atoms with Crippen molar-refractivity contribution in [3.05, 3.63) is 35.2 Å². The van der Waals surface area contributed by atoms with Crippen LogP contribution in [0.2, 0.25) is 0 Å². The molecule has 0 aliphatic carbocycles. The van der Waals surface area contributed by atoms with Crippen LogP contribution in [0.3, 0.4) is 0 Å². The first-order valence-corrected chi connectivity index (χ1v) is 10.7. The minimum absolute atomic E-state index is 0.497. The number of benzene rings is 1. The summed E-state index contributed by atoms with van der Waals surface area (Å²) in [6.07, 6.45) is 0. The highest BCUT2D eigenvalue weighted by Gasteiger charge is 2.20. The fourth-order valence-electron chi connectivity index (χ4n) is 3.39. The fraction of sp³-hybridized carbons (Fsp3) is 0.476. The van der Waals surface area contributed by atoms with Gasteiger partial charge in [0, 0.05) is 44.4 Å². The van der Waals surface area contributed by atoms with E-state index in [1.54, 1.807) is 32.7 Å². The lowest BCUT2D eigenvalue weighted by Crippen LogP contribution is -2.52. The van der Waals surface area contributed by atoms with E-state index in [-0.39, 0.29) is 0 Å². The van der Waals surface area contributed by atoms with Crippen LogP contribution in [-0.2, 0) is 6.54 Å². The molecule has 0 atom stereocenters. The third-order valence-electron chi connectivity index (χ3n) is 4.92. The Morgan fingerprint density at radius 3 is 2.31 bits per heavy atom. The van der Waals surface area contributed by atoms with Crippen LogP contribution in [0.15, 0.2) is 34.6 Å². The minimum atomic E-state index is 0.497. The molecule has 2 heterocycles. The Bertz CT molecular complexity index is 803. The van der Waals surface area contributed by atoms with E-state index >= 15 is 0 Å². The number of nitrogens with one attached hydrogen (secondary N) is 1. The molecule has 0 amide bonds. The zero-order valence-electron chi connectivity index (χ0n) is 17.6. The number of anilines is 1. The highest BCUT2D eigenvalue weighted by molar-refractivity contribution is 7.14. The molecule has 1 aromatic carbocycles. The lowest BCUT2D eigenvalue weighted by Gasteiger charge is -2.37. The van der Waals surface area contributed by atoms with E-state index in [4.69, 9.17) is 19.2 Å². The molecule has 7 nitrogen and oxygen atoms in total. The molecule has 0 radical (unpaired) electrons. The molecule has 1 aromatic heterocycles. The van der Waals surface area contributed by atoms with Crippen LogP contribution >= 0.6 is 11.3 Å². The first-order valence-electron chi connectivity index (χ1n) is 9.80. The van der Waals surface area contributed by atoms with E-state index in [1.165, 1.54) is 5.00 Å². The van der Waals surface area contributed by atoms with Crippen molar-refractivity contribution in [3.8, 4) is 17.2 Å². The summed E-state index contributed by atoms with van der Waals surface area (Å²) in [6.45, 7) is 7.27. The Hall–Kier alpha value is -2.61. The van der Waals surface area contributed by atoms with Crippen molar-refractivity contribution in [1.82, 2.24) is 10.2 Å². The summed E-state index contributed by atoms with van der Waals surface area (Å²) < 4.78 is 16.3. The van der Waals surface area contributed by atoms with E-state index in [0.29, 0.717) is 18.0 Å². The number of hydrogen-bond acceptors (Lipinski definition) is 6. The molecule has 0 spiro atoms. The highest BCUT2D eigenvalue weighted by atomic mass is 32.1. The number of rotatable bonds is 7. The SMILES string of the molecule is CCNC(=NCc1cc(OC)c(OC)cc1OC)N1CCN(c2cccs2)CC1. The molecule has 1 aliphatic rings. The van der Waals surface area contributed by atoms with Gasteiger partial charge in [0.15, 0.2) is 17.5 Å². The van der Waals surface area contributed by atoms with Crippen LogP contribution in [-0.4, -0.2) is 64.9 Å². The van der Waals surface area contributed by atoms with Crippen molar-refractivity contribution >= 4 is 22.3 Å². The number of piperazine rings is 1. The molecule has 1 N–H and O–H groups in total. The van der Waals surface area contributed by atoms with Gasteiger partial charge in [-0.25, -0.2) is 4.99 Å². The van der Waals surface area contributed by atoms with Crippen molar-refractivity contribution in [1.29, 1.82) is 0 Å². The van der Waals surface area contributed by atoms with Crippen molar-refractivity contribution < 1.29 is 14.2 Å². The van der Waals surface area contributed by atoms with Gasteiger partial charge in [0.1, 0.15) is 5.75 Å². The monoisotopic (exact) mass is 418 g/mol. The van der Waals surface area contributed by atoms with Crippen molar-refractivity contribution in [2.45, 2.75) is 13.5 Å². The van der Waals surface area contributed by atoms with E-state index in [9.17, 15) is 0 Å². The van der Waals surface area contributed by atoms with Crippen LogP contribution in [0.4, 0.5) is 5.00 Å². The minimum Gasteiger partial charge on any atom is -0.496 e. The third-order valence-corrected chi connectivity index (χ3v) is 5.85. The Balaban J connectivity index is 1.73. The summed E-state index contributed by atoms with van der Waals surface area (Å²) in [5.74, 6) is 2.99. The van der Waals surface area contributed by atoms with Gasteiger partial charge in [-0.2, -0.15) is 0 Å². The van der Waals surface area contributed by atoms with Crippen molar-refractivity contribution in [3.63, 3.8) is 0 Å². The maximum atomic E-state index is 5.54. The number of hydrogen-bond donors (Lipinski definition) is 1. The van der Waals surface area contributed by atoms with Gasteiger partial charge in [0.25, 0.3) is 0 Å². The summed E-state index contributed by atoms with van der Waals surface area (Å²) in [7, 11) is 4.91. The molecule has 0 saturated carbocycles. The standard InChI is InChI=1S/C21H30N4O3S/c1-5-22-21(25-10-8-24(9-11-25)20-7-6-12-29-20)23-15-16-13-18(27-3)19(28-4)14-17(16)26-2/h6-7,12-14H,5,8-11,15H2,1-4H3,(H,22,23). The van der Waals surface area contributed by atoms with Crippen LogP contribution in [0.1, 0.15) is 12.5 Å². The lowest BCUT2D eigenvalue weighted by atomic mass is 10.1. The van der Waals surface area contributed by atoms with Gasteiger partial charge in [0.05, 0.1) is 32.9 Å². The summed E-state index contributed by atoms with van der Waals surface area (Å²) in [6, 6.07) is 8.06. The second kappa shape index (κ2) is 10.2. The Kier molecular flexibility index (Phi) is 7.46. The maximum absolute atomic E-state index is 5.54. The first kappa shape index (κ1) is 21.1. The zero-order valence-corrected chi connectivity index (χ0v) is 18.4. The summed E-state index contributed by atoms with van der Waals surface area (Å²) in [4.78, 5) is 9.63. The smallest absolute Gasteiger partial charge is 0.194 e. The number of thiophene rings is 1. The molecule has 8 heteroatoms. The van der Waals surface area contributed by atoms with Gasteiger partial charge in [-0.3, -0.25) is 0 Å². The number of ether oxygens (including phenoxy) is 3. The predicted molar refractivity (Wildman–Crippen MR) is 119 cm³/mol. The van der Waals surface area contributed by atoms with Crippen LogP contribution in [0.5, 0.6) is 17.2 Å². The third kappa shape index (κ3) is 5.06. The molecule has 1 fully saturated rings. The summed E-state index contributed by atoms with van der Waals surface area (Å²) in [5, 5.41) is 6.89. The van der Waals surface area contributed by atoms with Crippen LogP contribution < -0.4 is 24.4 Å². The van der Waals surface area contributed by atoms with Gasteiger partial charge in [-0.15, -0.1) is 11.3 Å². The van der Waals surface area contributed by atoms with E-state index in [1.807, 2.05) is 12.1 Å². The Labute approximate surface area is 176 Å². The van der Waals surface area contributed by atoms with E-state index < -0.39 is 0 Å². The molecule has 1 aliphatic heterocycles. The van der Waals surface area contributed by atoms with Crippen molar-refractivity contribution in [2.75, 3.05) is 59.0 Å². The molecule has 0 unspecified atom stereocenters. The first-order chi connectivity index (χ1) is 14.2. The van der Waals surface area contributed by atoms with Gasteiger partial charge in [-0.1, -0.05) is 0 Å². The molecule has 29 heavy (non-hydrogen) atoms. The maximum Gasteiger partial charge on any atom is 0.194 e. The van der Waals surface area contributed by atoms with Gasteiger partial charge < -0.3 is 29.3 Å². The van der Waals surface area contributed by atoms with E-state index in [2.05, 4.69) is 39.6 Å². The largest absolute Gasteiger partial charge is 0.496 e. The van der Waals surface area contributed by atoms with Gasteiger partial charge in [-0.05, 0) is 30.5 Å². The second-order valence-electron chi connectivity index (χ2n) is 6.61. The topological polar surface area (TPSA) is 58.6 Å². The molecular formula is C21H30N4O3S. The van der Waals surface area contributed by atoms with Gasteiger partial charge in [0.2, 0.25) is 0 Å². The average Bonchev–Trinajstić information content (AvgIpc) is 3.31. The molecule has 0 bridgehead atoms. The second-order valence-corrected chi connectivity index (χ2v) is 7.54. The normalized spacial score (nSPS) is 14.7. The van der Waals surface area contributed by atoms with Crippen LogP contribution in [0, 0.1) is 0 Å². The Morgan fingerprint density at radius 2 is 1.72 bits per heavy atom. The summed E-state index contributed by atoms with van der Waals surface area (Å²) in [5.41, 5.74) is 0.956. The fourth-order valence-corrected chi connectivity index (χ4v) is 4.18. The van der Waals surface area contributed by atoms with Crippen molar-refractivity contribution in [2.24, 2.45) is 4.99 Å². The number of aliphatic imine (C=N–C) groups is 1. The zero-order chi connectivity index (χ0) is 20.6. The lowest BCUT2D eigenvalue weighted by molar-refractivity contribution is 0.347. The number of methoxy groups -OCH3 is 3. The quantitative estimate of drug-likeness (QED) is 0.551.